The average molecular weight is 328 g/mol. The van der Waals surface area contributed by atoms with E-state index in [-0.39, 0.29) is 0 Å². The molecule has 1 aromatic heterocycles. The summed E-state index contributed by atoms with van der Waals surface area (Å²) in [6.45, 7) is 3.41. The molecule has 2 rings (SSSR count). The first-order valence-corrected chi connectivity index (χ1v) is 7.45. The van der Waals surface area contributed by atoms with Crippen LogP contribution >= 0.6 is 23.2 Å². The maximum Gasteiger partial charge on any atom is 0.122 e. The zero-order chi connectivity index (χ0) is 15.6. The molecule has 1 unspecified atom stereocenters. The van der Waals surface area contributed by atoms with Crippen molar-refractivity contribution in [2.75, 3.05) is 20.6 Å². The Balaban J connectivity index is 2.33. The molecule has 0 saturated heterocycles. The van der Waals surface area contributed by atoms with Crippen LogP contribution in [-0.2, 0) is 6.54 Å². The number of aliphatic hydroxyl groups excluding tert-OH is 1. The molecule has 0 radical (unpaired) electrons. The molecule has 0 spiro atoms. The van der Waals surface area contributed by atoms with Gasteiger partial charge < -0.3 is 10.0 Å². The molecule has 0 bridgehead atoms. The van der Waals surface area contributed by atoms with Crippen molar-refractivity contribution in [3.05, 3.63) is 51.3 Å². The Bertz CT molecular complexity index is 605. The van der Waals surface area contributed by atoms with Crippen molar-refractivity contribution in [1.82, 2.24) is 14.7 Å². The molecule has 0 amide bonds. The van der Waals surface area contributed by atoms with Crippen molar-refractivity contribution >= 4 is 23.2 Å². The lowest BCUT2D eigenvalue weighted by Crippen LogP contribution is -2.21. The van der Waals surface area contributed by atoms with E-state index in [1.807, 2.05) is 33.2 Å². The predicted octanol–water partition coefficient (Wildman–Crippen LogP) is 3.14. The normalized spacial score (nSPS) is 12.9. The maximum absolute atomic E-state index is 10.6. The lowest BCUT2D eigenvalue weighted by Gasteiger charge is -2.17. The number of hydrogen-bond acceptors (Lipinski definition) is 3. The quantitative estimate of drug-likeness (QED) is 0.917. The fourth-order valence-corrected chi connectivity index (χ4v) is 2.74. The lowest BCUT2D eigenvalue weighted by atomic mass is 10.0. The summed E-state index contributed by atoms with van der Waals surface area (Å²) in [7, 11) is 3.98. The van der Waals surface area contributed by atoms with E-state index in [1.54, 1.807) is 16.9 Å². The van der Waals surface area contributed by atoms with Crippen LogP contribution in [0, 0.1) is 6.92 Å². The third-order valence-electron chi connectivity index (χ3n) is 3.23. The highest BCUT2D eigenvalue weighted by molar-refractivity contribution is 6.31. The molecule has 2 aromatic rings. The van der Waals surface area contributed by atoms with E-state index in [4.69, 9.17) is 23.2 Å². The number of nitrogens with zero attached hydrogens (tertiary/aromatic N) is 3. The number of halogens is 2. The van der Waals surface area contributed by atoms with Crippen LogP contribution in [0.4, 0.5) is 0 Å². The van der Waals surface area contributed by atoms with Crippen LogP contribution in [0.25, 0.3) is 0 Å². The highest BCUT2D eigenvalue weighted by atomic mass is 35.5. The summed E-state index contributed by atoms with van der Waals surface area (Å²) < 4.78 is 1.74. The smallest absolute Gasteiger partial charge is 0.122 e. The van der Waals surface area contributed by atoms with E-state index in [0.717, 1.165) is 12.1 Å². The number of benzene rings is 1. The van der Waals surface area contributed by atoms with E-state index in [1.165, 1.54) is 0 Å². The van der Waals surface area contributed by atoms with Gasteiger partial charge in [-0.2, -0.15) is 5.10 Å². The second-order valence-electron chi connectivity index (χ2n) is 5.37. The average Bonchev–Trinajstić information content (AvgIpc) is 2.75. The minimum atomic E-state index is -0.848. The van der Waals surface area contributed by atoms with E-state index < -0.39 is 6.10 Å². The molecule has 1 aromatic carbocycles. The third-order valence-corrected chi connectivity index (χ3v) is 3.74. The molecular formula is C15H19Cl2N3O. The SMILES string of the molecule is Cc1cc(Cl)cc(C(O)c2c(Cl)cnn2CCN(C)C)c1. The first-order valence-electron chi connectivity index (χ1n) is 6.69. The highest BCUT2D eigenvalue weighted by Crippen LogP contribution is 2.30. The minimum Gasteiger partial charge on any atom is -0.382 e. The van der Waals surface area contributed by atoms with E-state index in [2.05, 4.69) is 10.00 Å². The van der Waals surface area contributed by atoms with Gasteiger partial charge in [-0.1, -0.05) is 29.3 Å². The van der Waals surface area contributed by atoms with Gasteiger partial charge in [0.2, 0.25) is 0 Å². The van der Waals surface area contributed by atoms with Gasteiger partial charge in [-0.25, -0.2) is 0 Å². The summed E-state index contributed by atoms with van der Waals surface area (Å²) in [5.41, 5.74) is 2.31. The second kappa shape index (κ2) is 6.79. The molecule has 1 atom stereocenters. The Labute approximate surface area is 134 Å². The summed E-state index contributed by atoms with van der Waals surface area (Å²) in [4.78, 5) is 2.05. The van der Waals surface area contributed by atoms with Crippen molar-refractivity contribution in [1.29, 1.82) is 0 Å². The fraction of sp³-hybridized carbons (Fsp3) is 0.400. The summed E-state index contributed by atoms with van der Waals surface area (Å²) in [6.07, 6.45) is 0.715. The largest absolute Gasteiger partial charge is 0.382 e. The zero-order valence-electron chi connectivity index (χ0n) is 12.3. The summed E-state index contributed by atoms with van der Waals surface area (Å²) in [6, 6.07) is 5.50. The standard InChI is InChI=1S/C15H19Cl2N3O/c1-10-6-11(8-12(16)7-10)15(21)14-13(17)9-18-20(14)5-4-19(2)3/h6-9,15,21H,4-5H2,1-3H3. The molecule has 0 aliphatic carbocycles. The Morgan fingerprint density at radius 3 is 2.62 bits per heavy atom. The van der Waals surface area contributed by atoms with Gasteiger partial charge in [0.1, 0.15) is 6.10 Å². The summed E-state index contributed by atoms with van der Waals surface area (Å²) in [5.74, 6) is 0. The van der Waals surface area contributed by atoms with Gasteiger partial charge in [0.05, 0.1) is 23.5 Å². The van der Waals surface area contributed by atoms with E-state index >= 15 is 0 Å². The predicted molar refractivity (Wildman–Crippen MR) is 86.0 cm³/mol. The Hall–Kier alpha value is -1.07. The number of hydrogen-bond donors (Lipinski definition) is 1. The summed E-state index contributed by atoms with van der Waals surface area (Å²) >= 11 is 12.3. The molecular weight excluding hydrogens is 309 g/mol. The van der Waals surface area contributed by atoms with E-state index in [9.17, 15) is 5.11 Å². The Morgan fingerprint density at radius 2 is 2.00 bits per heavy atom. The number of rotatable bonds is 5. The first kappa shape index (κ1) is 16.3. The number of likely N-dealkylation sites (N-methyl/N-ethyl adjacent to an activating group) is 1. The number of aliphatic hydroxyl groups is 1. The highest BCUT2D eigenvalue weighted by Gasteiger charge is 2.20. The van der Waals surface area contributed by atoms with Crippen molar-refractivity contribution < 1.29 is 5.11 Å². The van der Waals surface area contributed by atoms with Gasteiger partial charge >= 0.3 is 0 Å². The number of aryl methyl sites for hydroxylation is 1. The van der Waals surface area contributed by atoms with Crippen LogP contribution < -0.4 is 0 Å². The molecule has 0 aliphatic heterocycles. The molecule has 114 valence electrons. The monoisotopic (exact) mass is 327 g/mol. The van der Waals surface area contributed by atoms with Gasteiger partial charge in [0.15, 0.2) is 0 Å². The number of aromatic nitrogens is 2. The van der Waals surface area contributed by atoms with Gasteiger partial charge in [-0.15, -0.1) is 0 Å². The fourth-order valence-electron chi connectivity index (χ4n) is 2.20. The molecule has 1 heterocycles. The van der Waals surface area contributed by atoms with E-state index in [0.29, 0.717) is 27.8 Å². The molecule has 6 heteroatoms. The lowest BCUT2D eigenvalue weighted by molar-refractivity contribution is 0.205. The molecule has 0 aliphatic rings. The van der Waals surface area contributed by atoms with Crippen LogP contribution in [0.3, 0.4) is 0 Å². The van der Waals surface area contributed by atoms with Crippen molar-refractivity contribution in [3.63, 3.8) is 0 Å². The van der Waals surface area contributed by atoms with Crippen LogP contribution in [0.2, 0.25) is 10.0 Å². The van der Waals surface area contributed by atoms with Gasteiger partial charge in [-0.3, -0.25) is 4.68 Å². The van der Waals surface area contributed by atoms with Gasteiger partial charge in [0.25, 0.3) is 0 Å². The first-order chi connectivity index (χ1) is 9.88. The second-order valence-corrected chi connectivity index (χ2v) is 6.21. The molecule has 21 heavy (non-hydrogen) atoms. The van der Waals surface area contributed by atoms with Crippen LogP contribution in [0.5, 0.6) is 0 Å². The molecule has 4 nitrogen and oxygen atoms in total. The van der Waals surface area contributed by atoms with Gasteiger partial charge in [-0.05, 0) is 44.3 Å². The zero-order valence-corrected chi connectivity index (χ0v) is 13.9. The third kappa shape index (κ3) is 3.98. The van der Waals surface area contributed by atoms with Crippen molar-refractivity contribution in [2.24, 2.45) is 0 Å². The Kier molecular flexibility index (Phi) is 5.27. The van der Waals surface area contributed by atoms with Crippen LogP contribution in [0.15, 0.2) is 24.4 Å². The van der Waals surface area contributed by atoms with Gasteiger partial charge in [0, 0.05) is 11.6 Å². The van der Waals surface area contributed by atoms with Crippen molar-refractivity contribution in [2.45, 2.75) is 19.6 Å². The molecule has 0 saturated carbocycles. The maximum atomic E-state index is 10.6. The van der Waals surface area contributed by atoms with Crippen LogP contribution in [0.1, 0.15) is 22.9 Å². The Morgan fingerprint density at radius 1 is 1.29 bits per heavy atom. The minimum absolute atomic E-state index is 0.457. The summed E-state index contributed by atoms with van der Waals surface area (Å²) in [5, 5.41) is 15.9. The van der Waals surface area contributed by atoms with Crippen LogP contribution in [-0.4, -0.2) is 40.4 Å². The molecule has 0 fully saturated rings. The molecule has 1 N–H and O–H groups in total. The van der Waals surface area contributed by atoms with Crippen molar-refractivity contribution in [3.8, 4) is 0 Å². The topological polar surface area (TPSA) is 41.3 Å².